The summed E-state index contributed by atoms with van der Waals surface area (Å²) in [6, 6.07) is 9.13. The first-order valence-corrected chi connectivity index (χ1v) is 7.06. The minimum absolute atomic E-state index is 0.158. The van der Waals surface area contributed by atoms with E-state index in [1.54, 1.807) is 48.5 Å². The predicted molar refractivity (Wildman–Crippen MR) is 85.7 cm³/mol. The van der Waals surface area contributed by atoms with Gasteiger partial charge in [-0.3, -0.25) is 14.8 Å². The molecule has 0 saturated heterocycles. The molecule has 0 saturated carbocycles. The highest BCUT2D eigenvalue weighted by atomic mass is 16.5. The van der Waals surface area contributed by atoms with Crippen molar-refractivity contribution in [3.63, 3.8) is 0 Å². The molecule has 0 aliphatic rings. The molecule has 112 valence electrons. The van der Waals surface area contributed by atoms with E-state index in [0.29, 0.717) is 16.7 Å². The lowest BCUT2D eigenvalue weighted by atomic mass is 10.1. The maximum absolute atomic E-state index is 12.8. The molecule has 4 heterocycles. The Labute approximate surface area is 131 Å². The molecule has 0 aliphatic carbocycles. The second kappa shape index (κ2) is 5.17. The summed E-state index contributed by atoms with van der Waals surface area (Å²) in [5.41, 5.74) is 3.20. The number of nitrogens with zero attached hydrogens (tertiary/aromatic N) is 4. The number of pyridine rings is 3. The minimum Gasteiger partial charge on any atom is -0.355 e. The molecular weight excluding hydrogens is 292 g/mol. The molecule has 0 unspecified atom stereocenters. The average molecular weight is 304 g/mol. The van der Waals surface area contributed by atoms with Crippen molar-refractivity contribution in [1.29, 1.82) is 0 Å². The Kier molecular flexibility index (Phi) is 3.01. The minimum atomic E-state index is -0.158. The molecular formula is C17H12N4O2. The Morgan fingerprint density at radius 1 is 1.04 bits per heavy atom. The third kappa shape index (κ3) is 2.12. The van der Waals surface area contributed by atoms with Gasteiger partial charge in [-0.15, -0.1) is 0 Å². The topological polar surface area (TPSA) is 73.8 Å². The van der Waals surface area contributed by atoms with Crippen LogP contribution in [0, 0.1) is 0 Å². The Morgan fingerprint density at radius 2 is 1.87 bits per heavy atom. The third-order valence-corrected chi connectivity index (χ3v) is 3.78. The molecule has 0 atom stereocenters. The highest BCUT2D eigenvalue weighted by Crippen LogP contribution is 2.27. The first kappa shape index (κ1) is 13.4. The van der Waals surface area contributed by atoms with E-state index in [-0.39, 0.29) is 5.56 Å². The van der Waals surface area contributed by atoms with Crippen molar-refractivity contribution in [2.75, 3.05) is 0 Å². The molecule has 6 nitrogen and oxygen atoms in total. The largest absolute Gasteiger partial charge is 0.355 e. The third-order valence-electron chi connectivity index (χ3n) is 3.78. The Bertz CT molecular complexity index is 1040. The zero-order valence-electron chi connectivity index (χ0n) is 12.3. The van der Waals surface area contributed by atoms with E-state index in [4.69, 9.17) is 4.52 Å². The van der Waals surface area contributed by atoms with Crippen LogP contribution in [0.2, 0.25) is 0 Å². The highest BCUT2D eigenvalue weighted by Gasteiger charge is 2.17. The number of aromatic nitrogens is 4. The van der Waals surface area contributed by atoms with E-state index in [1.165, 1.54) is 0 Å². The lowest BCUT2D eigenvalue weighted by molar-refractivity contribution is 0.459. The van der Waals surface area contributed by atoms with Crippen LogP contribution in [0.5, 0.6) is 0 Å². The lowest BCUT2D eigenvalue weighted by Crippen LogP contribution is -2.18. The van der Waals surface area contributed by atoms with Crippen molar-refractivity contribution in [2.24, 2.45) is 7.05 Å². The molecule has 0 aliphatic heterocycles. The van der Waals surface area contributed by atoms with Crippen LogP contribution in [-0.2, 0) is 7.05 Å². The van der Waals surface area contributed by atoms with Crippen LogP contribution >= 0.6 is 0 Å². The predicted octanol–water partition coefficient (Wildman–Crippen LogP) is 2.65. The fourth-order valence-electron chi connectivity index (χ4n) is 2.60. The normalized spacial score (nSPS) is 11.0. The average Bonchev–Trinajstić information content (AvgIpc) is 3.04. The van der Waals surface area contributed by atoms with Crippen molar-refractivity contribution in [2.45, 2.75) is 0 Å². The van der Waals surface area contributed by atoms with E-state index in [0.717, 1.165) is 16.8 Å². The summed E-state index contributed by atoms with van der Waals surface area (Å²) in [4.78, 5) is 20.9. The summed E-state index contributed by atoms with van der Waals surface area (Å²) in [5.74, 6) is 0. The van der Waals surface area contributed by atoms with Crippen molar-refractivity contribution in [1.82, 2.24) is 19.7 Å². The molecule has 6 heteroatoms. The second-order valence-electron chi connectivity index (χ2n) is 5.14. The van der Waals surface area contributed by atoms with Gasteiger partial charge in [-0.1, -0.05) is 5.16 Å². The molecule has 4 aromatic heterocycles. The maximum Gasteiger partial charge on any atom is 0.264 e. The van der Waals surface area contributed by atoms with Gasteiger partial charge >= 0.3 is 0 Å². The Hall–Kier alpha value is -3.28. The standard InChI is InChI=1S/C17H12N4O2/c1-21-13(12-3-2-6-19-10-12)9-14-15(17(21)22)16(20-23-14)11-4-7-18-8-5-11/h2-10H,1H3. The summed E-state index contributed by atoms with van der Waals surface area (Å²) in [5, 5.41) is 4.53. The molecule has 4 rings (SSSR count). The van der Waals surface area contributed by atoms with Crippen LogP contribution in [0.4, 0.5) is 0 Å². The monoisotopic (exact) mass is 304 g/mol. The van der Waals surface area contributed by atoms with Crippen molar-refractivity contribution >= 4 is 11.0 Å². The number of hydrogen-bond acceptors (Lipinski definition) is 5. The van der Waals surface area contributed by atoms with Crippen LogP contribution in [0.3, 0.4) is 0 Å². The SMILES string of the molecule is Cn1c(-c2cccnc2)cc2onc(-c3ccncc3)c2c1=O. The van der Waals surface area contributed by atoms with Gasteiger partial charge in [0.1, 0.15) is 11.1 Å². The Morgan fingerprint density at radius 3 is 2.61 bits per heavy atom. The van der Waals surface area contributed by atoms with Crippen LogP contribution < -0.4 is 5.56 Å². The molecule has 0 N–H and O–H groups in total. The lowest BCUT2D eigenvalue weighted by Gasteiger charge is -2.07. The number of hydrogen-bond donors (Lipinski definition) is 0. The first-order valence-electron chi connectivity index (χ1n) is 7.06. The van der Waals surface area contributed by atoms with E-state index in [2.05, 4.69) is 15.1 Å². The number of fused-ring (bicyclic) bond motifs is 1. The summed E-state index contributed by atoms with van der Waals surface area (Å²) in [7, 11) is 1.73. The molecule has 0 radical (unpaired) electrons. The van der Waals surface area contributed by atoms with Gasteiger partial charge in [0.25, 0.3) is 5.56 Å². The second-order valence-corrected chi connectivity index (χ2v) is 5.14. The van der Waals surface area contributed by atoms with Gasteiger partial charge < -0.3 is 9.09 Å². The summed E-state index contributed by atoms with van der Waals surface area (Å²) < 4.78 is 6.98. The molecule has 0 fully saturated rings. The highest BCUT2D eigenvalue weighted by molar-refractivity contribution is 5.92. The zero-order valence-corrected chi connectivity index (χ0v) is 12.3. The molecule has 0 bridgehead atoms. The number of rotatable bonds is 2. The van der Waals surface area contributed by atoms with E-state index < -0.39 is 0 Å². The quantitative estimate of drug-likeness (QED) is 0.569. The van der Waals surface area contributed by atoms with Crippen LogP contribution in [0.15, 0.2) is 64.4 Å². The van der Waals surface area contributed by atoms with Crippen molar-refractivity contribution in [3.8, 4) is 22.5 Å². The molecule has 0 aromatic carbocycles. The van der Waals surface area contributed by atoms with E-state index in [1.807, 2.05) is 18.2 Å². The van der Waals surface area contributed by atoms with Gasteiger partial charge in [0, 0.05) is 49.0 Å². The molecule has 23 heavy (non-hydrogen) atoms. The van der Waals surface area contributed by atoms with Crippen molar-refractivity contribution < 1.29 is 4.52 Å². The van der Waals surface area contributed by atoms with E-state index in [9.17, 15) is 4.79 Å². The zero-order chi connectivity index (χ0) is 15.8. The summed E-state index contributed by atoms with van der Waals surface area (Å²) >= 11 is 0. The smallest absolute Gasteiger partial charge is 0.264 e. The van der Waals surface area contributed by atoms with Gasteiger partial charge in [-0.2, -0.15) is 0 Å². The van der Waals surface area contributed by atoms with Crippen LogP contribution in [-0.4, -0.2) is 19.7 Å². The van der Waals surface area contributed by atoms with Gasteiger partial charge in [0.05, 0.1) is 5.69 Å². The molecule has 4 aromatic rings. The fraction of sp³-hybridized carbons (Fsp3) is 0.0588. The molecule has 0 spiro atoms. The maximum atomic E-state index is 12.8. The van der Waals surface area contributed by atoms with Crippen LogP contribution in [0.25, 0.3) is 33.5 Å². The van der Waals surface area contributed by atoms with Crippen LogP contribution in [0.1, 0.15) is 0 Å². The van der Waals surface area contributed by atoms with Gasteiger partial charge in [-0.25, -0.2) is 0 Å². The van der Waals surface area contributed by atoms with E-state index >= 15 is 0 Å². The fourth-order valence-corrected chi connectivity index (χ4v) is 2.60. The van der Waals surface area contributed by atoms with Gasteiger partial charge in [0.15, 0.2) is 5.58 Å². The summed E-state index contributed by atoms with van der Waals surface area (Å²) in [6.45, 7) is 0. The van der Waals surface area contributed by atoms with Crippen molar-refractivity contribution in [3.05, 3.63) is 65.5 Å². The Balaban J connectivity index is 2.01. The van der Waals surface area contributed by atoms with Gasteiger partial charge in [-0.05, 0) is 24.3 Å². The molecule has 0 amide bonds. The first-order chi connectivity index (χ1) is 11.3. The van der Waals surface area contributed by atoms with Gasteiger partial charge in [0.2, 0.25) is 0 Å². The summed E-state index contributed by atoms with van der Waals surface area (Å²) in [6.07, 6.45) is 6.71.